The number of pyridine rings is 1. The molecule has 0 aliphatic rings. The fourth-order valence-corrected chi connectivity index (χ4v) is 3.57. The first-order chi connectivity index (χ1) is 15.6. The molecule has 0 atom stereocenters. The highest BCUT2D eigenvalue weighted by Crippen LogP contribution is 2.31. The molecule has 0 bridgehead atoms. The Kier molecular flexibility index (Phi) is 5.52. The molecule has 1 N–H and O–H groups in total. The number of esters is 1. The van der Waals surface area contributed by atoms with Crippen molar-refractivity contribution < 1.29 is 22.7 Å². The zero-order chi connectivity index (χ0) is 23.9. The molecule has 1 aromatic carbocycles. The number of H-pyrrole nitrogens is 1. The molecule has 4 aromatic rings. The average Bonchev–Trinajstić information content (AvgIpc) is 3.10. The zero-order valence-electron chi connectivity index (χ0n) is 17.9. The molecule has 0 unspecified atom stereocenters. The fraction of sp³-hybridized carbons (Fsp3) is 0.217. The lowest BCUT2D eigenvalue weighted by Crippen LogP contribution is -2.26. The predicted molar refractivity (Wildman–Crippen MR) is 115 cm³/mol. The van der Waals surface area contributed by atoms with Gasteiger partial charge in [-0.05, 0) is 38.5 Å². The van der Waals surface area contributed by atoms with Gasteiger partial charge in [-0.3, -0.25) is 9.78 Å². The van der Waals surface area contributed by atoms with Gasteiger partial charge in [-0.15, -0.1) is 0 Å². The number of fused-ring (bicyclic) bond motifs is 1. The smallest absolute Gasteiger partial charge is 0.433 e. The maximum Gasteiger partial charge on any atom is 0.433 e. The number of nitrogens with zero attached hydrogens (tertiary/aromatic N) is 3. The second-order valence-corrected chi connectivity index (χ2v) is 7.42. The molecule has 7 nitrogen and oxygen atoms in total. The summed E-state index contributed by atoms with van der Waals surface area (Å²) in [6, 6.07) is 9.49. The van der Waals surface area contributed by atoms with E-state index in [0.717, 1.165) is 34.0 Å². The summed E-state index contributed by atoms with van der Waals surface area (Å²) in [6.45, 7) is 5.25. The number of nitrogens with one attached hydrogen (secondary N) is 1. The number of alkyl halides is 3. The summed E-state index contributed by atoms with van der Waals surface area (Å²) in [7, 11) is 0. The lowest BCUT2D eigenvalue weighted by molar-refractivity contribution is -0.141. The van der Waals surface area contributed by atoms with Gasteiger partial charge in [0.1, 0.15) is 11.3 Å². The van der Waals surface area contributed by atoms with E-state index in [1.165, 1.54) is 0 Å². The van der Waals surface area contributed by atoms with Crippen LogP contribution in [0.2, 0.25) is 0 Å². The molecule has 0 amide bonds. The van der Waals surface area contributed by atoms with Crippen LogP contribution in [0.3, 0.4) is 0 Å². The number of benzene rings is 1. The molecule has 3 aromatic heterocycles. The maximum absolute atomic E-state index is 13.3. The highest BCUT2D eigenvalue weighted by Gasteiger charge is 2.32. The van der Waals surface area contributed by atoms with Crippen molar-refractivity contribution in [3.8, 4) is 22.4 Å². The highest BCUT2D eigenvalue weighted by molar-refractivity contribution is 5.97. The lowest BCUT2D eigenvalue weighted by atomic mass is 10.0. The van der Waals surface area contributed by atoms with E-state index in [0.29, 0.717) is 16.9 Å². The molecule has 3 heterocycles. The molecular formula is C23H19F3N4O3. The average molecular weight is 456 g/mol. The van der Waals surface area contributed by atoms with Crippen LogP contribution >= 0.6 is 0 Å². The number of aromatic nitrogens is 4. The number of aryl methyl sites for hydroxylation is 2. The van der Waals surface area contributed by atoms with Gasteiger partial charge in [-0.1, -0.05) is 29.8 Å². The standard InChI is InChI=1S/C23H19F3N4O3/c1-4-33-22(32)18-19(15-9-10-16(27-11-15)23(24,25)26)28-20-17(13(3)29-30(20)21(18)31)14-7-5-12(2)6-8-14/h5-11,28H,4H2,1-3H3. The van der Waals surface area contributed by atoms with Crippen molar-refractivity contribution >= 4 is 11.6 Å². The van der Waals surface area contributed by atoms with Crippen molar-refractivity contribution in [2.75, 3.05) is 6.61 Å². The van der Waals surface area contributed by atoms with E-state index >= 15 is 0 Å². The fourth-order valence-electron chi connectivity index (χ4n) is 3.57. The SMILES string of the molecule is CCOC(=O)c1c(-c2ccc(C(F)(F)F)nc2)[nH]c2c(-c3ccc(C)cc3)c(C)nn2c1=O. The van der Waals surface area contributed by atoms with Crippen LogP contribution < -0.4 is 5.56 Å². The minimum atomic E-state index is -4.62. The van der Waals surface area contributed by atoms with E-state index in [2.05, 4.69) is 15.1 Å². The monoisotopic (exact) mass is 456 g/mol. The van der Waals surface area contributed by atoms with Crippen LogP contribution in [0.4, 0.5) is 13.2 Å². The Morgan fingerprint density at radius 2 is 1.76 bits per heavy atom. The molecule has 0 radical (unpaired) electrons. The first-order valence-corrected chi connectivity index (χ1v) is 10.0. The number of ether oxygens (including phenoxy) is 1. The van der Waals surface area contributed by atoms with Crippen molar-refractivity contribution in [3.05, 3.63) is 75.5 Å². The Bertz CT molecular complexity index is 1400. The quantitative estimate of drug-likeness (QED) is 0.455. The van der Waals surface area contributed by atoms with Crippen molar-refractivity contribution in [2.24, 2.45) is 0 Å². The normalized spacial score (nSPS) is 11.7. The Morgan fingerprint density at radius 1 is 1.09 bits per heavy atom. The van der Waals surface area contributed by atoms with Crippen molar-refractivity contribution in [3.63, 3.8) is 0 Å². The topological polar surface area (TPSA) is 89.3 Å². The molecule has 10 heteroatoms. The van der Waals surface area contributed by atoms with Gasteiger partial charge >= 0.3 is 12.1 Å². The third-order valence-corrected chi connectivity index (χ3v) is 5.12. The molecule has 0 spiro atoms. The van der Waals surface area contributed by atoms with Crippen LogP contribution in [0, 0.1) is 13.8 Å². The molecule has 0 aliphatic heterocycles. The highest BCUT2D eigenvalue weighted by atomic mass is 19.4. The number of halogens is 3. The van der Waals surface area contributed by atoms with Gasteiger partial charge < -0.3 is 9.72 Å². The summed E-state index contributed by atoms with van der Waals surface area (Å²) in [4.78, 5) is 32.4. The van der Waals surface area contributed by atoms with Gasteiger partial charge in [0.25, 0.3) is 5.56 Å². The Hall–Kier alpha value is -3.95. The van der Waals surface area contributed by atoms with Crippen LogP contribution in [0.15, 0.2) is 47.4 Å². The van der Waals surface area contributed by atoms with Crippen molar-refractivity contribution in [1.82, 2.24) is 19.6 Å². The number of rotatable bonds is 4. The third-order valence-electron chi connectivity index (χ3n) is 5.12. The molecule has 0 saturated heterocycles. The van der Waals surface area contributed by atoms with Crippen LogP contribution in [-0.4, -0.2) is 32.2 Å². The third kappa shape index (κ3) is 3.99. The van der Waals surface area contributed by atoms with Gasteiger partial charge in [0.05, 0.1) is 18.0 Å². The Morgan fingerprint density at radius 3 is 2.33 bits per heavy atom. The van der Waals surface area contributed by atoms with Gasteiger partial charge in [-0.2, -0.15) is 22.8 Å². The number of carbonyl (C=O) groups excluding carboxylic acids is 1. The van der Waals surface area contributed by atoms with E-state index in [1.54, 1.807) is 13.8 Å². The molecule has 0 saturated carbocycles. The van der Waals surface area contributed by atoms with E-state index in [9.17, 15) is 22.8 Å². The van der Waals surface area contributed by atoms with Crippen molar-refractivity contribution in [2.45, 2.75) is 26.9 Å². The van der Waals surface area contributed by atoms with Crippen molar-refractivity contribution in [1.29, 1.82) is 0 Å². The lowest BCUT2D eigenvalue weighted by Gasteiger charge is -2.11. The zero-order valence-corrected chi connectivity index (χ0v) is 17.9. The maximum atomic E-state index is 13.3. The second kappa shape index (κ2) is 8.19. The first-order valence-electron chi connectivity index (χ1n) is 10.0. The second-order valence-electron chi connectivity index (χ2n) is 7.42. The molecule has 4 rings (SSSR count). The minimum Gasteiger partial charge on any atom is -0.462 e. The van der Waals surface area contributed by atoms with E-state index < -0.39 is 23.4 Å². The number of aromatic amines is 1. The Balaban J connectivity index is 2.02. The van der Waals surface area contributed by atoms with Crippen LogP contribution in [-0.2, 0) is 10.9 Å². The van der Waals surface area contributed by atoms with E-state index in [-0.39, 0.29) is 23.4 Å². The largest absolute Gasteiger partial charge is 0.462 e. The van der Waals surface area contributed by atoms with Crippen LogP contribution in [0.1, 0.15) is 34.2 Å². The molecule has 0 fully saturated rings. The minimum absolute atomic E-state index is 0.000404. The number of hydrogen-bond acceptors (Lipinski definition) is 5. The van der Waals surface area contributed by atoms with Crippen LogP contribution in [0.5, 0.6) is 0 Å². The first kappa shape index (κ1) is 22.3. The summed E-state index contributed by atoms with van der Waals surface area (Å²) in [6.07, 6.45) is -3.66. The molecular weight excluding hydrogens is 437 g/mol. The van der Waals surface area contributed by atoms with Gasteiger partial charge in [0.15, 0.2) is 5.56 Å². The molecule has 0 aliphatic carbocycles. The van der Waals surface area contributed by atoms with Gasteiger partial charge in [0.2, 0.25) is 0 Å². The summed E-state index contributed by atoms with van der Waals surface area (Å²) in [5.74, 6) is -0.916. The number of carbonyl (C=O) groups is 1. The summed E-state index contributed by atoms with van der Waals surface area (Å²) < 4.78 is 45.0. The molecule has 170 valence electrons. The van der Waals surface area contributed by atoms with E-state index in [1.807, 2.05) is 31.2 Å². The summed E-state index contributed by atoms with van der Waals surface area (Å²) >= 11 is 0. The predicted octanol–water partition coefficient (Wildman–Crippen LogP) is 4.56. The van der Waals surface area contributed by atoms with Gasteiger partial charge in [-0.25, -0.2) is 4.79 Å². The number of hydrogen-bond donors (Lipinski definition) is 1. The summed E-state index contributed by atoms with van der Waals surface area (Å²) in [5.41, 5.74) is 1.19. The summed E-state index contributed by atoms with van der Waals surface area (Å²) in [5, 5.41) is 4.30. The van der Waals surface area contributed by atoms with E-state index in [4.69, 9.17) is 4.74 Å². The Labute approximate surface area is 185 Å². The van der Waals surface area contributed by atoms with Crippen LogP contribution in [0.25, 0.3) is 28.0 Å². The molecule has 33 heavy (non-hydrogen) atoms. The van der Waals surface area contributed by atoms with Gasteiger partial charge in [0, 0.05) is 17.3 Å².